The van der Waals surface area contributed by atoms with E-state index in [1.165, 1.54) is 16.8 Å². The fraction of sp³-hybridized carbons (Fsp3) is 0.571. The average molecular weight is 234 g/mol. The summed E-state index contributed by atoms with van der Waals surface area (Å²) in [6.45, 7) is 10.0. The molecule has 1 fully saturated rings. The SMILES string of the molecule is Cc1cccc(N2CCN(C(C)O)CC2)c1C. The van der Waals surface area contributed by atoms with Crippen molar-refractivity contribution in [3.63, 3.8) is 0 Å². The minimum absolute atomic E-state index is 0.323. The van der Waals surface area contributed by atoms with Gasteiger partial charge < -0.3 is 10.0 Å². The van der Waals surface area contributed by atoms with Crippen LogP contribution in [0.5, 0.6) is 0 Å². The van der Waals surface area contributed by atoms with Crippen molar-refractivity contribution in [3.05, 3.63) is 29.3 Å². The van der Waals surface area contributed by atoms with Crippen LogP contribution in [0.3, 0.4) is 0 Å². The molecule has 0 radical (unpaired) electrons. The van der Waals surface area contributed by atoms with Gasteiger partial charge in [-0.05, 0) is 38.0 Å². The lowest BCUT2D eigenvalue weighted by molar-refractivity contribution is 0.0153. The van der Waals surface area contributed by atoms with Crippen molar-refractivity contribution < 1.29 is 5.11 Å². The van der Waals surface area contributed by atoms with Crippen molar-refractivity contribution in [1.82, 2.24) is 4.90 Å². The molecule has 1 aliphatic rings. The topological polar surface area (TPSA) is 26.7 Å². The molecule has 1 N–H and O–H groups in total. The lowest BCUT2D eigenvalue weighted by atomic mass is 10.1. The number of rotatable bonds is 2. The molecule has 1 aromatic carbocycles. The van der Waals surface area contributed by atoms with Crippen LogP contribution in [-0.2, 0) is 0 Å². The zero-order valence-corrected chi connectivity index (χ0v) is 11.0. The molecule has 1 aliphatic heterocycles. The molecule has 0 saturated carbocycles. The van der Waals surface area contributed by atoms with Gasteiger partial charge in [-0.2, -0.15) is 0 Å². The Hall–Kier alpha value is -1.06. The summed E-state index contributed by atoms with van der Waals surface area (Å²) in [5, 5.41) is 9.54. The number of hydrogen-bond donors (Lipinski definition) is 1. The van der Waals surface area contributed by atoms with Gasteiger partial charge in [0.1, 0.15) is 6.23 Å². The van der Waals surface area contributed by atoms with Crippen molar-refractivity contribution in [2.75, 3.05) is 31.1 Å². The number of nitrogens with zero attached hydrogens (tertiary/aromatic N) is 2. The molecule has 94 valence electrons. The highest BCUT2D eigenvalue weighted by Crippen LogP contribution is 2.23. The molecule has 0 bridgehead atoms. The number of benzene rings is 1. The van der Waals surface area contributed by atoms with Crippen LogP contribution >= 0.6 is 0 Å². The predicted octanol–water partition coefficient (Wildman–Crippen LogP) is 1.76. The highest BCUT2D eigenvalue weighted by atomic mass is 16.3. The standard InChI is InChI=1S/C14H22N2O/c1-11-5-4-6-14(12(11)2)16-9-7-15(8-10-16)13(3)17/h4-6,13,17H,7-10H2,1-3H3. The maximum atomic E-state index is 9.54. The fourth-order valence-corrected chi connectivity index (χ4v) is 2.41. The smallest absolute Gasteiger partial charge is 0.104 e. The molecule has 2 rings (SSSR count). The maximum Gasteiger partial charge on any atom is 0.104 e. The van der Waals surface area contributed by atoms with Gasteiger partial charge in [-0.1, -0.05) is 12.1 Å². The van der Waals surface area contributed by atoms with Gasteiger partial charge in [-0.15, -0.1) is 0 Å². The number of hydrogen-bond acceptors (Lipinski definition) is 3. The number of anilines is 1. The van der Waals surface area contributed by atoms with Gasteiger partial charge in [-0.3, -0.25) is 4.90 Å². The van der Waals surface area contributed by atoms with Gasteiger partial charge in [0.2, 0.25) is 0 Å². The summed E-state index contributed by atoms with van der Waals surface area (Å²) < 4.78 is 0. The van der Waals surface area contributed by atoms with Gasteiger partial charge >= 0.3 is 0 Å². The molecule has 1 saturated heterocycles. The van der Waals surface area contributed by atoms with Crippen molar-refractivity contribution in [3.8, 4) is 0 Å². The first-order valence-corrected chi connectivity index (χ1v) is 6.33. The van der Waals surface area contributed by atoms with E-state index in [0.717, 1.165) is 26.2 Å². The molecule has 0 aromatic heterocycles. The van der Waals surface area contributed by atoms with Crippen LogP contribution < -0.4 is 4.90 Å². The molecule has 1 unspecified atom stereocenters. The van der Waals surface area contributed by atoms with Crippen molar-refractivity contribution in [1.29, 1.82) is 0 Å². The monoisotopic (exact) mass is 234 g/mol. The molecular formula is C14H22N2O. The van der Waals surface area contributed by atoms with E-state index in [0.29, 0.717) is 0 Å². The van der Waals surface area contributed by atoms with Crippen molar-refractivity contribution in [2.24, 2.45) is 0 Å². The average Bonchev–Trinajstić information content (AvgIpc) is 2.33. The van der Waals surface area contributed by atoms with Crippen LogP contribution in [0.25, 0.3) is 0 Å². The zero-order valence-electron chi connectivity index (χ0n) is 11.0. The Balaban J connectivity index is 2.08. The molecule has 0 amide bonds. The Morgan fingerprint density at radius 2 is 1.76 bits per heavy atom. The number of aliphatic hydroxyl groups is 1. The van der Waals surface area contributed by atoms with E-state index in [2.05, 4.69) is 41.8 Å². The third-order valence-corrected chi connectivity index (χ3v) is 3.76. The second kappa shape index (κ2) is 5.07. The van der Waals surface area contributed by atoms with E-state index < -0.39 is 0 Å². The minimum Gasteiger partial charge on any atom is -0.379 e. The lowest BCUT2D eigenvalue weighted by Crippen LogP contribution is -2.49. The summed E-state index contributed by atoms with van der Waals surface area (Å²) in [6.07, 6.45) is -0.323. The van der Waals surface area contributed by atoms with Crippen LogP contribution in [0.2, 0.25) is 0 Å². The molecular weight excluding hydrogens is 212 g/mol. The first-order valence-electron chi connectivity index (χ1n) is 6.33. The van der Waals surface area contributed by atoms with E-state index >= 15 is 0 Å². The van der Waals surface area contributed by atoms with E-state index in [1.54, 1.807) is 0 Å². The molecule has 1 heterocycles. The summed E-state index contributed by atoms with van der Waals surface area (Å²) in [7, 11) is 0. The molecule has 3 heteroatoms. The highest BCUT2D eigenvalue weighted by Gasteiger charge is 2.20. The fourth-order valence-electron chi connectivity index (χ4n) is 2.41. The quantitative estimate of drug-likeness (QED) is 0.844. The van der Waals surface area contributed by atoms with E-state index in [1.807, 2.05) is 6.92 Å². The summed E-state index contributed by atoms with van der Waals surface area (Å²) in [6, 6.07) is 6.48. The normalized spacial score (nSPS) is 19.4. The number of aryl methyl sites for hydroxylation is 1. The Bertz CT molecular complexity index is 382. The molecule has 1 atom stereocenters. The van der Waals surface area contributed by atoms with E-state index in [-0.39, 0.29) is 6.23 Å². The zero-order chi connectivity index (χ0) is 12.4. The first kappa shape index (κ1) is 12.4. The highest BCUT2D eigenvalue weighted by molar-refractivity contribution is 5.56. The van der Waals surface area contributed by atoms with Gasteiger partial charge in [0.25, 0.3) is 0 Å². The van der Waals surface area contributed by atoms with Crippen molar-refractivity contribution in [2.45, 2.75) is 27.0 Å². The van der Waals surface area contributed by atoms with Gasteiger partial charge in [0.15, 0.2) is 0 Å². The predicted molar refractivity (Wildman–Crippen MR) is 71.4 cm³/mol. The second-order valence-electron chi connectivity index (χ2n) is 4.87. The van der Waals surface area contributed by atoms with Crippen LogP contribution in [0.15, 0.2) is 18.2 Å². The van der Waals surface area contributed by atoms with Crippen LogP contribution in [-0.4, -0.2) is 42.4 Å². The number of aliphatic hydroxyl groups excluding tert-OH is 1. The first-order chi connectivity index (χ1) is 8.09. The molecule has 17 heavy (non-hydrogen) atoms. The Morgan fingerprint density at radius 1 is 1.12 bits per heavy atom. The Kier molecular flexibility index (Phi) is 3.69. The molecule has 0 aliphatic carbocycles. The van der Waals surface area contributed by atoms with Crippen LogP contribution in [0.1, 0.15) is 18.1 Å². The summed E-state index contributed by atoms with van der Waals surface area (Å²) in [4.78, 5) is 4.53. The Morgan fingerprint density at radius 3 is 2.35 bits per heavy atom. The minimum atomic E-state index is -0.323. The molecule has 3 nitrogen and oxygen atoms in total. The third kappa shape index (κ3) is 2.61. The third-order valence-electron chi connectivity index (χ3n) is 3.76. The second-order valence-corrected chi connectivity index (χ2v) is 4.87. The molecule has 0 spiro atoms. The van der Waals surface area contributed by atoms with Crippen LogP contribution in [0, 0.1) is 13.8 Å². The van der Waals surface area contributed by atoms with E-state index in [9.17, 15) is 5.11 Å². The maximum absolute atomic E-state index is 9.54. The molecule has 1 aromatic rings. The van der Waals surface area contributed by atoms with Gasteiger partial charge in [-0.25, -0.2) is 0 Å². The van der Waals surface area contributed by atoms with Gasteiger partial charge in [0.05, 0.1) is 0 Å². The van der Waals surface area contributed by atoms with Gasteiger partial charge in [0, 0.05) is 31.9 Å². The Labute approximate surface area is 104 Å². The largest absolute Gasteiger partial charge is 0.379 e. The van der Waals surface area contributed by atoms with Crippen molar-refractivity contribution >= 4 is 5.69 Å². The lowest BCUT2D eigenvalue weighted by Gasteiger charge is -2.38. The number of piperazine rings is 1. The van der Waals surface area contributed by atoms with E-state index in [4.69, 9.17) is 0 Å². The summed E-state index contributed by atoms with van der Waals surface area (Å²) >= 11 is 0. The van der Waals surface area contributed by atoms with Crippen LogP contribution in [0.4, 0.5) is 5.69 Å². The summed E-state index contributed by atoms with van der Waals surface area (Å²) in [5.41, 5.74) is 4.06. The summed E-state index contributed by atoms with van der Waals surface area (Å²) in [5.74, 6) is 0.